The van der Waals surface area contributed by atoms with E-state index < -0.39 is 0 Å². The van der Waals surface area contributed by atoms with E-state index >= 15 is 0 Å². The van der Waals surface area contributed by atoms with Crippen LogP contribution in [0.25, 0.3) is 11.5 Å². The van der Waals surface area contributed by atoms with Gasteiger partial charge in [-0.1, -0.05) is 12.1 Å². The van der Waals surface area contributed by atoms with Crippen molar-refractivity contribution in [2.24, 2.45) is 0 Å². The van der Waals surface area contributed by atoms with E-state index in [-0.39, 0.29) is 5.82 Å². The second-order valence-electron chi connectivity index (χ2n) is 3.97. The Morgan fingerprint density at radius 2 is 2.28 bits per heavy atom. The summed E-state index contributed by atoms with van der Waals surface area (Å²) in [7, 11) is 1.90. The van der Waals surface area contributed by atoms with Crippen LogP contribution in [0.2, 0.25) is 0 Å². The zero-order chi connectivity index (χ0) is 13.0. The van der Waals surface area contributed by atoms with Crippen LogP contribution >= 0.6 is 0 Å². The minimum atomic E-state index is -0.385. The van der Waals surface area contributed by atoms with Crippen LogP contribution in [-0.2, 0) is 6.42 Å². The van der Waals surface area contributed by atoms with Gasteiger partial charge in [0.2, 0.25) is 11.7 Å². The first-order valence-corrected chi connectivity index (χ1v) is 5.84. The van der Waals surface area contributed by atoms with Crippen molar-refractivity contribution in [3.63, 3.8) is 0 Å². The van der Waals surface area contributed by atoms with Gasteiger partial charge in [0.15, 0.2) is 0 Å². The Balaban J connectivity index is 2.12. The summed E-state index contributed by atoms with van der Waals surface area (Å²) in [6.45, 7) is 2.08. The first-order valence-electron chi connectivity index (χ1n) is 5.84. The van der Waals surface area contributed by atoms with E-state index in [1.165, 1.54) is 12.1 Å². The lowest BCUT2D eigenvalue weighted by Gasteiger charge is -2.09. The number of hydrogen-bond acceptors (Lipinski definition) is 5. The summed E-state index contributed by atoms with van der Waals surface area (Å²) in [4.78, 5) is 8.15. The standard InChI is InChI=1S/C12H15FN4O/c1-3-9(14-2)6-11-16-12(17-18-11)10-5-4-8(13)7-15-10/h4-5,7,9,14H,3,6H2,1-2H3. The number of likely N-dealkylation sites (N-methyl/N-ethyl adjacent to an activating group) is 1. The van der Waals surface area contributed by atoms with Crippen molar-refractivity contribution in [3.05, 3.63) is 30.0 Å². The zero-order valence-electron chi connectivity index (χ0n) is 10.4. The third-order valence-electron chi connectivity index (χ3n) is 2.75. The molecule has 2 heterocycles. The Morgan fingerprint density at radius 1 is 1.44 bits per heavy atom. The van der Waals surface area contributed by atoms with Gasteiger partial charge < -0.3 is 9.84 Å². The molecule has 1 unspecified atom stereocenters. The second-order valence-corrected chi connectivity index (χ2v) is 3.97. The average molecular weight is 250 g/mol. The van der Waals surface area contributed by atoms with Gasteiger partial charge in [0.1, 0.15) is 11.5 Å². The Labute approximate surface area is 104 Å². The third-order valence-corrected chi connectivity index (χ3v) is 2.75. The Bertz CT molecular complexity index is 493. The van der Waals surface area contributed by atoms with Gasteiger partial charge in [0.25, 0.3) is 0 Å². The molecule has 0 aliphatic carbocycles. The first-order chi connectivity index (χ1) is 8.72. The number of rotatable bonds is 5. The van der Waals surface area contributed by atoms with Crippen molar-refractivity contribution in [1.82, 2.24) is 20.4 Å². The molecule has 0 fully saturated rings. The van der Waals surface area contributed by atoms with Crippen LogP contribution in [0.5, 0.6) is 0 Å². The number of aromatic nitrogens is 3. The highest BCUT2D eigenvalue weighted by atomic mass is 19.1. The van der Waals surface area contributed by atoms with Crippen molar-refractivity contribution in [3.8, 4) is 11.5 Å². The van der Waals surface area contributed by atoms with Gasteiger partial charge in [0.05, 0.1) is 6.20 Å². The predicted octanol–water partition coefficient (Wildman–Crippen LogP) is 1.81. The molecule has 96 valence electrons. The van der Waals surface area contributed by atoms with Gasteiger partial charge in [-0.15, -0.1) is 0 Å². The fourth-order valence-electron chi connectivity index (χ4n) is 1.61. The molecule has 0 saturated heterocycles. The molecule has 0 saturated carbocycles. The lowest BCUT2D eigenvalue weighted by molar-refractivity contribution is 0.359. The summed E-state index contributed by atoms with van der Waals surface area (Å²) >= 11 is 0. The number of nitrogens with one attached hydrogen (secondary N) is 1. The molecular formula is C12H15FN4O. The number of pyridine rings is 1. The van der Waals surface area contributed by atoms with Crippen LogP contribution in [0, 0.1) is 5.82 Å². The second kappa shape index (κ2) is 5.68. The van der Waals surface area contributed by atoms with E-state index in [1.807, 2.05) is 7.05 Å². The molecule has 18 heavy (non-hydrogen) atoms. The lowest BCUT2D eigenvalue weighted by atomic mass is 10.1. The van der Waals surface area contributed by atoms with Crippen LogP contribution < -0.4 is 5.32 Å². The van der Waals surface area contributed by atoms with E-state index in [0.717, 1.165) is 12.6 Å². The van der Waals surface area contributed by atoms with E-state index in [4.69, 9.17) is 4.52 Å². The monoisotopic (exact) mass is 250 g/mol. The molecule has 0 aliphatic heterocycles. The van der Waals surface area contributed by atoms with Gasteiger partial charge in [-0.3, -0.25) is 0 Å². The SMILES string of the molecule is CCC(Cc1nc(-c2ccc(F)cn2)no1)NC. The molecule has 0 aliphatic rings. The molecule has 2 rings (SSSR count). The molecular weight excluding hydrogens is 235 g/mol. The molecule has 6 heteroatoms. The topological polar surface area (TPSA) is 63.8 Å². The summed E-state index contributed by atoms with van der Waals surface area (Å²) in [5.41, 5.74) is 0.504. The molecule has 0 spiro atoms. The highest BCUT2D eigenvalue weighted by Gasteiger charge is 2.13. The smallest absolute Gasteiger partial charge is 0.228 e. The first kappa shape index (κ1) is 12.6. The van der Waals surface area contributed by atoms with Gasteiger partial charge >= 0.3 is 0 Å². The van der Waals surface area contributed by atoms with Gasteiger partial charge in [-0.05, 0) is 25.6 Å². The lowest BCUT2D eigenvalue weighted by Crippen LogP contribution is -2.26. The van der Waals surface area contributed by atoms with Gasteiger partial charge in [0, 0.05) is 12.5 Å². The van der Waals surface area contributed by atoms with Crippen LogP contribution in [0.1, 0.15) is 19.2 Å². The minimum Gasteiger partial charge on any atom is -0.339 e. The zero-order valence-corrected chi connectivity index (χ0v) is 10.4. The van der Waals surface area contributed by atoms with E-state index in [0.29, 0.717) is 29.9 Å². The maximum absolute atomic E-state index is 12.7. The van der Waals surface area contributed by atoms with Crippen molar-refractivity contribution >= 4 is 0 Å². The van der Waals surface area contributed by atoms with Crippen molar-refractivity contribution in [1.29, 1.82) is 0 Å². The Kier molecular flexibility index (Phi) is 3.99. The summed E-state index contributed by atoms with van der Waals surface area (Å²) in [5.74, 6) is 0.553. The molecule has 0 radical (unpaired) electrons. The fourth-order valence-corrected chi connectivity index (χ4v) is 1.61. The molecule has 0 aromatic carbocycles. The van der Waals surface area contributed by atoms with Crippen LogP contribution in [0.4, 0.5) is 4.39 Å². The largest absolute Gasteiger partial charge is 0.339 e. The number of halogens is 1. The van der Waals surface area contributed by atoms with Crippen molar-refractivity contribution in [2.75, 3.05) is 7.05 Å². The molecule has 1 atom stereocenters. The molecule has 0 amide bonds. The Hall–Kier alpha value is -1.82. The highest BCUT2D eigenvalue weighted by molar-refractivity contribution is 5.47. The van der Waals surface area contributed by atoms with Crippen LogP contribution in [-0.4, -0.2) is 28.2 Å². The summed E-state index contributed by atoms with van der Waals surface area (Å²) in [6.07, 6.45) is 2.78. The van der Waals surface area contributed by atoms with Gasteiger partial charge in [-0.25, -0.2) is 9.37 Å². The van der Waals surface area contributed by atoms with Crippen molar-refractivity contribution in [2.45, 2.75) is 25.8 Å². The van der Waals surface area contributed by atoms with Crippen LogP contribution in [0.3, 0.4) is 0 Å². The minimum absolute atomic E-state index is 0.305. The third kappa shape index (κ3) is 2.89. The average Bonchev–Trinajstić information content (AvgIpc) is 2.85. The molecule has 5 nitrogen and oxygen atoms in total. The van der Waals surface area contributed by atoms with Crippen molar-refractivity contribution < 1.29 is 8.91 Å². The summed E-state index contributed by atoms with van der Waals surface area (Å²) in [6, 6.07) is 3.15. The van der Waals surface area contributed by atoms with Crippen LogP contribution in [0.15, 0.2) is 22.9 Å². The maximum Gasteiger partial charge on any atom is 0.228 e. The number of nitrogens with zero attached hydrogens (tertiary/aromatic N) is 3. The highest BCUT2D eigenvalue weighted by Crippen LogP contribution is 2.14. The molecule has 0 bridgehead atoms. The fraction of sp³-hybridized carbons (Fsp3) is 0.417. The summed E-state index contributed by atoms with van der Waals surface area (Å²) < 4.78 is 17.9. The quantitative estimate of drug-likeness (QED) is 0.876. The Morgan fingerprint density at radius 3 is 2.89 bits per heavy atom. The number of hydrogen-bond donors (Lipinski definition) is 1. The van der Waals surface area contributed by atoms with E-state index in [9.17, 15) is 4.39 Å². The van der Waals surface area contributed by atoms with E-state index in [1.54, 1.807) is 0 Å². The molecule has 2 aromatic rings. The summed E-state index contributed by atoms with van der Waals surface area (Å²) in [5, 5.41) is 7.00. The maximum atomic E-state index is 12.7. The van der Waals surface area contributed by atoms with E-state index in [2.05, 4.69) is 27.4 Å². The molecule has 1 N–H and O–H groups in total. The molecule has 2 aromatic heterocycles. The van der Waals surface area contributed by atoms with Gasteiger partial charge in [-0.2, -0.15) is 4.98 Å². The normalized spacial score (nSPS) is 12.6. The predicted molar refractivity (Wildman–Crippen MR) is 64.3 cm³/mol.